The average molecular weight is 316 g/mol. The van der Waals surface area contributed by atoms with Crippen molar-refractivity contribution in [2.45, 2.75) is 18.6 Å². The van der Waals surface area contributed by atoms with E-state index in [-0.39, 0.29) is 22.3 Å². The van der Waals surface area contributed by atoms with E-state index < -0.39 is 23.8 Å². The predicted molar refractivity (Wildman–Crippen MR) is 60.4 cm³/mol. The third kappa shape index (κ3) is 3.13. The highest BCUT2D eigenvalue weighted by molar-refractivity contribution is 9.10. The molecule has 1 aromatic rings. The van der Waals surface area contributed by atoms with Gasteiger partial charge in [-0.2, -0.15) is 0 Å². The van der Waals surface area contributed by atoms with Gasteiger partial charge in [0.05, 0.1) is 10.6 Å². The fraction of sp³-hybridized carbons (Fsp3) is 0.400. The lowest BCUT2D eigenvalue weighted by Gasteiger charge is -2.18. The molecule has 0 saturated heterocycles. The molecular formula is C10H10BrClF2O2. The number of aliphatic hydroxyl groups is 2. The molecule has 0 aliphatic heterocycles. The molecule has 6 heteroatoms. The molecule has 0 heterocycles. The summed E-state index contributed by atoms with van der Waals surface area (Å²) in [6, 6.07) is 1.75. The van der Waals surface area contributed by atoms with Gasteiger partial charge in [-0.25, -0.2) is 8.78 Å². The molecule has 0 spiro atoms. The maximum absolute atomic E-state index is 13.4. The Morgan fingerprint density at radius 2 is 1.88 bits per heavy atom. The molecule has 0 bridgehead atoms. The van der Waals surface area contributed by atoms with Crippen molar-refractivity contribution in [2.24, 2.45) is 0 Å². The normalized spacial score (nSPS) is 14.9. The second-order valence-corrected chi connectivity index (χ2v) is 4.51. The van der Waals surface area contributed by atoms with Crippen molar-refractivity contribution < 1.29 is 19.0 Å². The third-order valence-electron chi connectivity index (χ3n) is 2.13. The molecule has 0 saturated carbocycles. The smallest absolute Gasteiger partial charge is 0.137 e. The molecule has 1 aromatic carbocycles. The topological polar surface area (TPSA) is 40.5 Å². The van der Waals surface area contributed by atoms with Crippen molar-refractivity contribution in [3.8, 4) is 0 Å². The first-order chi connectivity index (χ1) is 7.47. The molecule has 2 unspecified atom stereocenters. The van der Waals surface area contributed by atoms with Gasteiger partial charge in [0.25, 0.3) is 0 Å². The Kier molecular flexibility index (Phi) is 5.11. The van der Waals surface area contributed by atoms with Crippen LogP contribution in [0.15, 0.2) is 16.6 Å². The zero-order valence-corrected chi connectivity index (χ0v) is 10.5. The highest BCUT2D eigenvalue weighted by atomic mass is 79.9. The first-order valence-corrected chi connectivity index (χ1v) is 5.86. The summed E-state index contributed by atoms with van der Waals surface area (Å²) < 4.78 is 26.5. The van der Waals surface area contributed by atoms with Gasteiger partial charge in [0, 0.05) is 11.4 Å². The molecule has 1 rings (SSSR count). The van der Waals surface area contributed by atoms with Crippen molar-refractivity contribution in [2.75, 3.05) is 5.88 Å². The van der Waals surface area contributed by atoms with Gasteiger partial charge >= 0.3 is 0 Å². The highest BCUT2D eigenvalue weighted by Crippen LogP contribution is 2.27. The monoisotopic (exact) mass is 314 g/mol. The summed E-state index contributed by atoms with van der Waals surface area (Å²) in [6.07, 6.45) is -2.60. The zero-order valence-electron chi connectivity index (χ0n) is 8.13. The van der Waals surface area contributed by atoms with Crippen molar-refractivity contribution in [3.05, 3.63) is 33.8 Å². The van der Waals surface area contributed by atoms with Gasteiger partial charge < -0.3 is 10.2 Å². The van der Waals surface area contributed by atoms with Crippen LogP contribution >= 0.6 is 27.5 Å². The standard InChI is InChI=1S/C10H10BrClF2O2/c11-6-4-7(13)5(3-8(6)14)10(16)9(15)1-2-12/h3-4,9-10,15-16H,1-2H2. The molecule has 0 amide bonds. The Labute approximate surface area is 105 Å². The maximum atomic E-state index is 13.4. The summed E-state index contributed by atoms with van der Waals surface area (Å²) in [5.74, 6) is -1.36. The van der Waals surface area contributed by atoms with Gasteiger partial charge in [-0.05, 0) is 34.5 Å². The highest BCUT2D eigenvalue weighted by Gasteiger charge is 2.22. The number of rotatable bonds is 4. The molecule has 0 fully saturated rings. The van der Waals surface area contributed by atoms with Crippen LogP contribution in [-0.4, -0.2) is 22.2 Å². The van der Waals surface area contributed by atoms with Crippen LogP contribution in [0.25, 0.3) is 0 Å². The van der Waals surface area contributed by atoms with Gasteiger partial charge in [0.15, 0.2) is 0 Å². The van der Waals surface area contributed by atoms with Crippen molar-refractivity contribution in [3.63, 3.8) is 0 Å². The molecule has 16 heavy (non-hydrogen) atoms. The second kappa shape index (κ2) is 5.91. The molecule has 2 atom stereocenters. The molecule has 0 aliphatic rings. The van der Waals surface area contributed by atoms with Gasteiger partial charge in [0.1, 0.15) is 17.7 Å². The van der Waals surface area contributed by atoms with E-state index in [1.807, 2.05) is 0 Å². The number of hydrogen-bond donors (Lipinski definition) is 2. The fourth-order valence-electron chi connectivity index (χ4n) is 1.24. The second-order valence-electron chi connectivity index (χ2n) is 3.28. The van der Waals surface area contributed by atoms with E-state index in [4.69, 9.17) is 11.6 Å². The molecular weight excluding hydrogens is 305 g/mol. The lowest BCUT2D eigenvalue weighted by Crippen LogP contribution is -2.20. The molecule has 2 nitrogen and oxygen atoms in total. The molecule has 0 radical (unpaired) electrons. The summed E-state index contributed by atoms with van der Waals surface area (Å²) in [4.78, 5) is 0. The number of aliphatic hydroxyl groups excluding tert-OH is 2. The van der Waals surface area contributed by atoms with E-state index in [1.165, 1.54) is 0 Å². The molecule has 0 aliphatic carbocycles. The van der Waals surface area contributed by atoms with E-state index in [2.05, 4.69) is 15.9 Å². The minimum absolute atomic E-state index is 0.0345. The summed E-state index contributed by atoms with van der Waals surface area (Å²) in [5, 5.41) is 19.0. The quantitative estimate of drug-likeness (QED) is 0.662. The molecule has 90 valence electrons. The van der Waals surface area contributed by atoms with Crippen molar-refractivity contribution in [1.82, 2.24) is 0 Å². The Morgan fingerprint density at radius 1 is 1.25 bits per heavy atom. The van der Waals surface area contributed by atoms with Crippen LogP contribution in [0.5, 0.6) is 0 Å². The molecule has 2 N–H and O–H groups in total. The Balaban J connectivity index is 2.99. The van der Waals surface area contributed by atoms with E-state index >= 15 is 0 Å². The van der Waals surface area contributed by atoms with Crippen molar-refractivity contribution in [1.29, 1.82) is 0 Å². The van der Waals surface area contributed by atoms with Crippen LogP contribution in [-0.2, 0) is 0 Å². The van der Waals surface area contributed by atoms with E-state index in [0.29, 0.717) is 0 Å². The van der Waals surface area contributed by atoms with Gasteiger partial charge in [0.2, 0.25) is 0 Å². The fourth-order valence-corrected chi connectivity index (χ4v) is 1.78. The summed E-state index contributed by atoms with van der Waals surface area (Å²) in [6.45, 7) is 0. The predicted octanol–water partition coefficient (Wildman–Crippen LogP) is 2.75. The third-order valence-corrected chi connectivity index (χ3v) is 2.95. The van der Waals surface area contributed by atoms with Gasteiger partial charge in [-0.1, -0.05) is 0 Å². The lowest BCUT2D eigenvalue weighted by atomic mass is 10.0. The zero-order chi connectivity index (χ0) is 12.3. The van der Waals surface area contributed by atoms with Crippen LogP contribution in [0.3, 0.4) is 0 Å². The summed E-state index contributed by atoms with van der Waals surface area (Å²) in [5.41, 5.74) is -0.279. The number of hydrogen-bond acceptors (Lipinski definition) is 2. The number of halogens is 4. The van der Waals surface area contributed by atoms with E-state index in [0.717, 1.165) is 12.1 Å². The summed E-state index contributed by atoms with van der Waals surface area (Å²) in [7, 11) is 0. The van der Waals surface area contributed by atoms with Crippen LogP contribution in [0.4, 0.5) is 8.78 Å². The van der Waals surface area contributed by atoms with Gasteiger partial charge in [-0.3, -0.25) is 0 Å². The maximum Gasteiger partial charge on any atom is 0.137 e. The SMILES string of the molecule is OC(CCCl)C(O)c1cc(F)c(Br)cc1F. The van der Waals surface area contributed by atoms with Crippen LogP contribution in [0.1, 0.15) is 18.1 Å². The van der Waals surface area contributed by atoms with Gasteiger partial charge in [-0.15, -0.1) is 11.6 Å². The summed E-state index contributed by atoms with van der Waals surface area (Å²) >= 11 is 8.19. The number of benzene rings is 1. The average Bonchev–Trinajstić information content (AvgIpc) is 2.23. The van der Waals surface area contributed by atoms with Crippen molar-refractivity contribution >= 4 is 27.5 Å². The van der Waals surface area contributed by atoms with Crippen LogP contribution in [0.2, 0.25) is 0 Å². The van der Waals surface area contributed by atoms with E-state index in [1.54, 1.807) is 0 Å². The van der Waals surface area contributed by atoms with Crippen LogP contribution in [0, 0.1) is 11.6 Å². The Hall–Kier alpha value is -0.230. The lowest BCUT2D eigenvalue weighted by molar-refractivity contribution is 0.0147. The Morgan fingerprint density at radius 3 is 2.44 bits per heavy atom. The first kappa shape index (κ1) is 13.8. The van der Waals surface area contributed by atoms with E-state index in [9.17, 15) is 19.0 Å². The minimum Gasteiger partial charge on any atom is -0.390 e. The largest absolute Gasteiger partial charge is 0.390 e. The Bertz CT molecular complexity index is 376. The van der Waals surface area contributed by atoms with Crippen LogP contribution < -0.4 is 0 Å². The first-order valence-electron chi connectivity index (χ1n) is 4.54. The minimum atomic E-state index is -1.48. The number of alkyl halides is 1. The molecule has 0 aromatic heterocycles.